The van der Waals surface area contributed by atoms with Gasteiger partial charge < -0.3 is 9.30 Å². The maximum absolute atomic E-state index is 13.5. The molecule has 9 nitrogen and oxygen atoms in total. The number of carbonyl (C=O) groups excluding carboxylic acids is 1. The number of ether oxygens (including phenoxy) is 1. The van der Waals surface area contributed by atoms with Gasteiger partial charge in [-0.15, -0.1) is 10.2 Å². The molecule has 4 heterocycles. The van der Waals surface area contributed by atoms with Gasteiger partial charge in [0.25, 0.3) is 5.91 Å². The van der Waals surface area contributed by atoms with E-state index in [0.29, 0.717) is 33.8 Å². The van der Waals surface area contributed by atoms with E-state index < -0.39 is 0 Å². The summed E-state index contributed by atoms with van der Waals surface area (Å²) < 4.78 is 7.90. The molecule has 4 aromatic rings. The number of benzene rings is 1. The molecule has 172 valence electrons. The first-order valence-electron chi connectivity index (χ1n) is 10.8. The number of rotatable bonds is 5. The average Bonchev–Trinajstić information content (AvgIpc) is 3.35. The van der Waals surface area contributed by atoms with E-state index in [0.717, 1.165) is 16.7 Å². The van der Waals surface area contributed by atoms with Gasteiger partial charge in [0.15, 0.2) is 17.7 Å². The predicted octanol–water partition coefficient (Wildman–Crippen LogP) is 4.41. The summed E-state index contributed by atoms with van der Waals surface area (Å²) in [6.45, 7) is 6.15. The maximum atomic E-state index is 13.5. The Morgan fingerprint density at radius 1 is 1.12 bits per heavy atom. The number of fused-ring (bicyclic) bond motifs is 1. The monoisotopic (exact) mass is 473 g/mol. The number of thioether (sulfide) groups is 1. The Kier molecular flexibility index (Phi) is 5.74. The summed E-state index contributed by atoms with van der Waals surface area (Å²) in [6.07, 6.45) is 7.16. The fourth-order valence-electron chi connectivity index (χ4n) is 3.85. The Bertz CT molecular complexity index is 1370. The normalized spacial score (nSPS) is 13.2. The molecule has 5 rings (SSSR count). The van der Waals surface area contributed by atoms with Gasteiger partial charge in [0.2, 0.25) is 0 Å². The highest BCUT2D eigenvalue weighted by atomic mass is 32.2. The lowest BCUT2D eigenvalue weighted by atomic mass is 9.98. The third kappa shape index (κ3) is 3.90. The molecule has 0 saturated heterocycles. The van der Waals surface area contributed by atoms with Crippen LogP contribution < -0.4 is 9.64 Å². The number of anilines is 1. The highest BCUT2D eigenvalue weighted by molar-refractivity contribution is 7.98. The minimum Gasteiger partial charge on any atom is -0.472 e. The molecule has 34 heavy (non-hydrogen) atoms. The van der Waals surface area contributed by atoms with Gasteiger partial charge in [0.05, 0.1) is 5.56 Å². The van der Waals surface area contributed by atoms with Gasteiger partial charge in [-0.25, -0.2) is 15.0 Å². The number of amides is 1. The molecule has 1 aromatic carbocycles. The summed E-state index contributed by atoms with van der Waals surface area (Å²) in [5, 5.41) is 8.94. The molecule has 0 spiro atoms. The summed E-state index contributed by atoms with van der Waals surface area (Å²) in [6, 6.07) is 9.40. The van der Waals surface area contributed by atoms with E-state index >= 15 is 0 Å². The zero-order valence-electron chi connectivity index (χ0n) is 19.3. The first kappa shape index (κ1) is 22.0. The zero-order valence-corrected chi connectivity index (χ0v) is 20.1. The zero-order chi connectivity index (χ0) is 23.8. The number of aryl methyl sites for hydroxylation is 1. The fourth-order valence-corrected chi connectivity index (χ4v) is 4.17. The molecular formula is C24H23N7O2S. The molecule has 0 bridgehead atoms. The maximum Gasteiger partial charge on any atom is 0.265 e. The van der Waals surface area contributed by atoms with Gasteiger partial charge in [0, 0.05) is 24.0 Å². The van der Waals surface area contributed by atoms with Crippen molar-refractivity contribution < 1.29 is 9.53 Å². The molecule has 0 atom stereocenters. The van der Waals surface area contributed by atoms with Crippen molar-refractivity contribution in [1.82, 2.24) is 29.7 Å². The molecule has 1 amide bonds. The summed E-state index contributed by atoms with van der Waals surface area (Å²) in [5.74, 6) is 1.51. The molecule has 0 N–H and O–H groups in total. The summed E-state index contributed by atoms with van der Waals surface area (Å²) in [5.41, 5.74) is 3.82. The van der Waals surface area contributed by atoms with Gasteiger partial charge in [-0.05, 0) is 62.4 Å². The van der Waals surface area contributed by atoms with Crippen molar-refractivity contribution in [2.45, 2.75) is 32.0 Å². The van der Waals surface area contributed by atoms with Crippen LogP contribution in [0, 0.1) is 6.92 Å². The molecule has 0 radical (unpaired) electrons. The van der Waals surface area contributed by atoms with Crippen molar-refractivity contribution in [3.63, 3.8) is 0 Å². The number of hydrogen-bond donors (Lipinski definition) is 0. The van der Waals surface area contributed by atoms with Crippen molar-refractivity contribution >= 4 is 23.5 Å². The van der Waals surface area contributed by atoms with Crippen LogP contribution in [-0.4, -0.2) is 48.6 Å². The topological polar surface area (TPSA) is 98.9 Å². The van der Waals surface area contributed by atoms with Gasteiger partial charge >= 0.3 is 0 Å². The Balaban J connectivity index is 1.50. The lowest BCUT2D eigenvalue weighted by molar-refractivity contribution is 0.0936. The molecular weight excluding hydrogens is 450 g/mol. The first-order valence-corrected chi connectivity index (χ1v) is 12.0. The van der Waals surface area contributed by atoms with Crippen LogP contribution in [0.3, 0.4) is 0 Å². The van der Waals surface area contributed by atoms with Gasteiger partial charge in [-0.3, -0.25) is 9.69 Å². The Morgan fingerprint density at radius 2 is 1.91 bits per heavy atom. The van der Waals surface area contributed by atoms with Crippen LogP contribution in [0.4, 0.5) is 5.82 Å². The van der Waals surface area contributed by atoms with Crippen LogP contribution in [0.15, 0.2) is 54.2 Å². The predicted molar refractivity (Wildman–Crippen MR) is 130 cm³/mol. The van der Waals surface area contributed by atoms with Crippen LogP contribution >= 0.6 is 11.8 Å². The minimum atomic E-state index is -0.181. The smallest absolute Gasteiger partial charge is 0.265 e. The Labute approximate surface area is 201 Å². The Hall–Kier alpha value is -3.79. The standard InChI is InChI=1S/C24H23N7O2S/c1-14(2)30-12-27-29-22(30)19-6-5-7-21(28-19)31-13-33-20-8-15(3)17(9-18(20)23(31)32)16-10-25-24(34-4)26-11-16/h5-12,14H,13H2,1-4H3. The number of nitrogens with zero attached hydrogens (tertiary/aromatic N) is 7. The number of aromatic nitrogens is 6. The molecule has 1 aliphatic heterocycles. The molecule has 1 aliphatic rings. The second kappa shape index (κ2) is 8.86. The van der Waals surface area contributed by atoms with Crippen LogP contribution in [-0.2, 0) is 0 Å². The van der Waals surface area contributed by atoms with E-state index in [9.17, 15) is 4.79 Å². The van der Waals surface area contributed by atoms with E-state index in [1.807, 2.05) is 42.0 Å². The van der Waals surface area contributed by atoms with Gasteiger partial charge in [-0.1, -0.05) is 17.8 Å². The quantitative estimate of drug-likeness (QED) is 0.311. The largest absolute Gasteiger partial charge is 0.472 e. The first-order chi connectivity index (χ1) is 16.5. The number of pyridine rings is 1. The summed E-state index contributed by atoms with van der Waals surface area (Å²) in [4.78, 5) is 28.5. The van der Waals surface area contributed by atoms with Crippen LogP contribution in [0.5, 0.6) is 5.75 Å². The van der Waals surface area contributed by atoms with Crippen molar-refractivity contribution in [3.05, 3.63) is 60.2 Å². The SMILES string of the molecule is CSc1ncc(-c2cc3c(cc2C)OCN(c2cccc(-c4nncn4C(C)C)n2)C3=O)cn1. The van der Waals surface area contributed by atoms with Crippen LogP contribution in [0.1, 0.15) is 35.8 Å². The third-order valence-electron chi connectivity index (χ3n) is 5.64. The van der Waals surface area contributed by atoms with Crippen molar-refractivity contribution in [2.75, 3.05) is 17.9 Å². The minimum absolute atomic E-state index is 0.0729. The van der Waals surface area contributed by atoms with Gasteiger partial charge in [-0.2, -0.15) is 0 Å². The van der Waals surface area contributed by atoms with E-state index in [-0.39, 0.29) is 18.7 Å². The van der Waals surface area contributed by atoms with Crippen molar-refractivity contribution in [1.29, 1.82) is 0 Å². The fraction of sp³-hybridized carbons (Fsp3) is 0.250. The molecule has 0 saturated carbocycles. The number of hydrogen-bond acceptors (Lipinski definition) is 8. The van der Waals surface area contributed by atoms with Crippen molar-refractivity contribution in [2.24, 2.45) is 0 Å². The summed E-state index contributed by atoms with van der Waals surface area (Å²) in [7, 11) is 0. The second-order valence-electron chi connectivity index (χ2n) is 8.16. The average molecular weight is 474 g/mol. The molecule has 3 aromatic heterocycles. The molecule has 0 unspecified atom stereocenters. The van der Waals surface area contributed by atoms with E-state index in [1.54, 1.807) is 24.8 Å². The van der Waals surface area contributed by atoms with Crippen LogP contribution in [0.25, 0.3) is 22.6 Å². The third-order valence-corrected chi connectivity index (χ3v) is 6.22. The lowest BCUT2D eigenvalue weighted by Crippen LogP contribution is -2.39. The highest BCUT2D eigenvalue weighted by Gasteiger charge is 2.29. The lowest BCUT2D eigenvalue weighted by Gasteiger charge is -2.29. The molecule has 0 fully saturated rings. The van der Waals surface area contributed by atoms with E-state index in [1.165, 1.54) is 16.7 Å². The molecule has 10 heteroatoms. The van der Waals surface area contributed by atoms with E-state index in [4.69, 9.17) is 9.72 Å². The highest BCUT2D eigenvalue weighted by Crippen LogP contribution is 2.34. The molecule has 0 aliphatic carbocycles. The second-order valence-corrected chi connectivity index (χ2v) is 8.94. The number of carbonyl (C=O) groups is 1. The Morgan fingerprint density at radius 3 is 2.65 bits per heavy atom. The summed E-state index contributed by atoms with van der Waals surface area (Å²) >= 11 is 1.48. The van der Waals surface area contributed by atoms with Gasteiger partial charge in [0.1, 0.15) is 23.6 Å². The van der Waals surface area contributed by atoms with Crippen LogP contribution in [0.2, 0.25) is 0 Å². The van der Waals surface area contributed by atoms with E-state index in [2.05, 4.69) is 34.0 Å². The van der Waals surface area contributed by atoms with Crippen molar-refractivity contribution in [3.8, 4) is 28.4 Å².